The molecule has 48 heavy (non-hydrogen) atoms. The van der Waals surface area contributed by atoms with Crippen molar-refractivity contribution in [3.05, 3.63) is 0 Å². The smallest absolute Gasteiger partial charge is 0.223 e. The molecule has 0 spiro atoms. The van der Waals surface area contributed by atoms with E-state index in [2.05, 4.69) is 62.8 Å². The second-order valence-electron chi connectivity index (χ2n) is 15.8. The van der Waals surface area contributed by atoms with Crippen LogP contribution in [0.5, 0.6) is 0 Å². The number of carbonyl (C=O) groups excluding carboxylic acids is 4. The van der Waals surface area contributed by atoms with Gasteiger partial charge in [-0.15, -0.1) is 0 Å². The van der Waals surface area contributed by atoms with Crippen molar-refractivity contribution in [3.8, 4) is 0 Å². The number of carbonyl (C=O) groups is 4. The van der Waals surface area contributed by atoms with Crippen LogP contribution >= 0.6 is 0 Å². The van der Waals surface area contributed by atoms with E-state index >= 15 is 0 Å². The molecule has 8 nitrogen and oxygen atoms in total. The quantitative estimate of drug-likeness (QED) is 0.0535. The number of hydrogen-bond acceptors (Lipinski definition) is 5. The van der Waals surface area contributed by atoms with Crippen molar-refractivity contribution in [2.75, 3.05) is 19.6 Å². The molecule has 282 valence electrons. The lowest BCUT2D eigenvalue weighted by Crippen LogP contribution is -2.43. The van der Waals surface area contributed by atoms with Gasteiger partial charge in [-0.2, -0.15) is 0 Å². The summed E-state index contributed by atoms with van der Waals surface area (Å²) in [5.41, 5.74) is 0. The molecule has 4 N–H and O–H groups in total. The van der Waals surface area contributed by atoms with Gasteiger partial charge in [-0.1, -0.05) is 92.9 Å². The zero-order chi connectivity index (χ0) is 36.2. The first kappa shape index (κ1) is 46.0. The van der Waals surface area contributed by atoms with E-state index in [4.69, 9.17) is 0 Å². The minimum absolute atomic E-state index is 0.000723. The van der Waals surface area contributed by atoms with Gasteiger partial charge in [0.2, 0.25) is 17.7 Å². The molecule has 0 aromatic carbocycles. The molecule has 0 aliphatic rings. The predicted molar refractivity (Wildman–Crippen MR) is 202 cm³/mol. The van der Waals surface area contributed by atoms with Crippen molar-refractivity contribution in [2.45, 2.75) is 189 Å². The average Bonchev–Trinajstić information content (AvgIpc) is 3.00. The Kier molecular flexibility index (Phi) is 28.7. The third-order valence-electron chi connectivity index (χ3n) is 8.88. The highest BCUT2D eigenvalue weighted by Crippen LogP contribution is 2.18. The molecule has 0 aliphatic heterocycles. The molecule has 0 heterocycles. The van der Waals surface area contributed by atoms with Crippen LogP contribution in [0.4, 0.5) is 0 Å². The molecule has 0 radical (unpaired) electrons. The van der Waals surface area contributed by atoms with Gasteiger partial charge in [-0.25, -0.2) is 0 Å². The third kappa shape index (κ3) is 29.0. The maximum absolute atomic E-state index is 13.7. The fourth-order valence-electron chi connectivity index (χ4n) is 5.90. The highest BCUT2D eigenvalue weighted by molar-refractivity contribution is 5.92. The van der Waals surface area contributed by atoms with Gasteiger partial charge in [-0.3, -0.25) is 19.2 Å². The van der Waals surface area contributed by atoms with E-state index in [1.807, 2.05) is 13.8 Å². The van der Waals surface area contributed by atoms with Crippen molar-refractivity contribution in [1.29, 1.82) is 0 Å². The van der Waals surface area contributed by atoms with Crippen LogP contribution in [0.3, 0.4) is 0 Å². The lowest BCUT2D eigenvalue weighted by Gasteiger charge is -2.22. The Morgan fingerprint density at radius 2 is 0.958 bits per heavy atom. The number of nitrogens with one attached hydrogen (secondary N) is 4. The number of Topliss-reactive ketones (excluding diaryl/α,β-unsaturated/α-hetero) is 1. The first-order valence-corrected chi connectivity index (χ1v) is 19.9. The predicted octanol–water partition coefficient (Wildman–Crippen LogP) is 8.27. The number of rotatable bonds is 32. The molecule has 0 saturated carbocycles. The van der Waals surface area contributed by atoms with Gasteiger partial charge in [0.15, 0.2) is 5.78 Å². The molecule has 0 aromatic rings. The lowest BCUT2D eigenvalue weighted by atomic mass is 9.90. The molecule has 8 heteroatoms. The molecule has 0 fully saturated rings. The maximum Gasteiger partial charge on any atom is 0.223 e. The SMILES string of the molecule is CC(C)CCCCCNCCCCC(CC(=O)C(CCCCNC(=O)CCCCC(C)C)NC(=O)CCCCC(C)C)C(=O)NC(C)C. The largest absolute Gasteiger partial charge is 0.356 e. The van der Waals surface area contributed by atoms with Gasteiger partial charge in [0.1, 0.15) is 0 Å². The molecule has 3 amide bonds. The highest BCUT2D eigenvalue weighted by atomic mass is 16.2. The summed E-state index contributed by atoms with van der Waals surface area (Å²) in [7, 11) is 0. The van der Waals surface area contributed by atoms with Crippen LogP contribution in [0.1, 0.15) is 177 Å². The second kappa shape index (κ2) is 29.9. The molecular weight excluding hydrogens is 600 g/mol. The topological polar surface area (TPSA) is 116 Å². The number of unbranched alkanes of at least 4 members (excludes halogenated alkanes) is 6. The Morgan fingerprint density at radius 3 is 1.52 bits per heavy atom. The summed E-state index contributed by atoms with van der Waals surface area (Å²) in [5, 5.41) is 12.6. The van der Waals surface area contributed by atoms with Crippen molar-refractivity contribution < 1.29 is 19.2 Å². The van der Waals surface area contributed by atoms with Crippen LogP contribution < -0.4 is 21.3 Å². The molecule has 0 aromatic heterocycles. The van der Waals surface area contributed by atoms with Crippen molar-refractivity contribution >= 4 is 23.5 Å². The summed E-state index contributed by atoms with van der Waals surface area (Å²) in [6.45, 7) is 19.7. The molecule has 0 aliphatic carbocycles. The van der Waals surface area contributed by atoms with Gasteiger partial charge in [0.05, 0.1) is 6.04 Å². The van der Waals surface area contributed by atoms with Gasteiger partial charge in [0, 0.05) is 37.8 Å². The van der Waals surface area contributed by atoms with Crippen LogP contribution in [-0.2, 0) is 19.2 Å². The molecule has 0 rings (SSSR count). The van der Waals surface area contributed by atoms with Crippen LogP contribution in [0.15, 0.2) is 0 Å². The average molecular weight is 679 g/mol. The van der Waals surface area contributed by atoms with Crippen molar-refractivity contribution in [3.63, 3.8) is 0 Å². The van der Waals surface area contributed by atoms with E-state index in [-0.39, 0.29) is 36.0 Å². The van der Waals surface area contributed by atoms with Crippen LogP contribution in [0, 0.1) is 23.7 Å². The monoisotopic (exact) mass is 679 g/mol. The number of hydrogen-bond donors (Lipinski definition) is 4. The zero-order valence-electron chi connectivity index (χ0n) is 32.7. The van der Waals surface area contributed by atoms with Gasteiger partial charge < -0.3 is 21.3 Å². The Bertz CT molecular complexity index is 843. The van der Waals surface area contributed by atoms with E-state index in [1.165, 1.54) is 25.7 Å². The van der Waals surface area contributed by atoms with Crippen LogP contribution in [0.2, 0.25) is 0 Å². The van der Waals surface area contributed by atoms with Gasteiger partial charge in [0.25, 0.3) is 0 Å². The van der Waals surface area contributed by atoms with E-state index in [0.717, 1.165) is 76.8 Å². The van der Waals surface area contributed by atoms with E-state index in [0.29, 0.717) is 50.5 Å². The van der Waals surface area contributed by atoms with Crippen LogP contribution in [0.25, 0.3) is 0 Å². The first-order chi connectivity index (χ1) is 22.8. The maximum atomic E-state index is 13.7. The summed E-state index contributed by atoms with van der Waals surface area (Å²) in [6, 6.07) is -0.611. The first-order valence-electron chi connectivity index (χ1n) is 19.9. The van der Waals surface area contributed by atoms with Gasteiger partial charge >= 0.3 is 0 Å². The van der Waals surface area contributed by atoms with Crippen molar-refractivity contribution in [2.24, 2.45) is 23.7 Å². The van der Waals surface area contributed by atoms with Crippen molar-refractivity contribution in [1.82, 2.24) is 21.3 Å². The summed E-state index contributed by atoms with van der Waals surface area (Å²) in [4.78, 5) is 52.0. The molecule has 0 bridgehead atoms. The van der Waals surface area contributed by atoms with Crippen LogP contribution in [-0.4, -0.2) is 55.2 Å². The normalized spacial score (nSPS) is 12.9. The lowest BCUT2D eigenvalue weighted by molar-refractivity contribution is -0.132. The van der Waals surface area contributed by atoms with E-state index in [1.54, 1.807) is 0 Å². The standard InChI is InChI=1S/C40H78N4O4/c1-31(2)20-10-9-17-27-41-28-18-15-23-35(40(48)43-34(7)8)30-37(45)36(44-39(47)26-14-12-22-33(5)6)24-16-19-29-42-38(46)25-13-11-21-32(3)4/h31-36,41H,9-30H2,1-8H3,(H,42,46)(H,43,48)(H,44,47). The number of amides is 3. The highest BCUT2D eigenvalue weighted by Gasteiger charge is 2.27. The second-order valence-corrected chi connectivity index (χ2v) is 15.8. The Morgan fingerprint density at radius 1 is 0.479 bits per heavy atom. The summed E-state index contributed by atoms with van der Waals surface area (Å²) < 4.78 is 0. The van der Waals surface area contributed by atoms with E-state index in [9.17, 15) is 19.2 Å². The molecule has 0 saturated heterocycles. The molecular formula is C40H78N4O4. The van der Waals surface area contributed by atoms with E-state index < -0.39 is 12.0 Å². The molecule has 2 atom stereocenters. The number of ketones is 1. The third-order valence-corrected chi connectivity index (χ3v) is 8.88. The summed E-state index contributed by atoms with van der Waals surface area (Å²) in [6.07, 6.45) is 16.6. The Hall–Kier alpha value is -1.96. The summed E-state index contributed by atoms with van der Waals surface area (Å²) >= 11 is 0. The summed E-state index contributed by atoms with van der Waals surface area (Å²) in [5.74, 6) is 1.47. The fourth-order valence-corrected chi connectivity index (χ4v) is 5.90. The fraction of sp³-hybridized carbons (Fsp3) is 0.900. The zero-order valence-corrected chi connectivity index (χ0v) is 32.7. The Balaban J connectivity index is 5.02. The van der Waals surface area contributed by atoms with Gasteiger partial charge in [-0.05, 0) is 96.1 Å². The molecule has 2 unspecified atom stereocenters. The Labute approximate surface area is 296 Å². The minimum atomic E-state index is -0.610. The minimum Gasteiger partial charge on any atom is -0.356 e.